The highest BCUT2D eigenvalue weighted by Gasteiger charge is 2.17. The number of aryl methyl sites for hydroxylation is 1. The van der Waals surface area contributed by atoms with E-state index in [9.17, 15) is 14.7 Å². The van der Waals surface area contributed by atoms with Crippen LogP contribution in [0.5, 0.6) is 0 Å². The van der Waals surface area contributed by atoms with Crippen LogP contribution in [0.3, 0.4) is 0 Å². The number of hydrogen-bond acceptors (Lipinski definition) is 3. The van der Waals surface area contributed by atoms with Crippen molar-refractivity contribution in [3.63, 3.8) is 0 Å². The zero-order chi connectivity index (χ0) is 25.0. The number of carboxylic acids is 1. The Morgan fingerprint density at radius 3 is 2.20 bits per heavy atom. The van der Waals surface area contributed by atoms with Crippen LogP contribution >= 0.6 is 11.8 Å². The SMILES string of the molecule is C=CCNC(=O)N(CCCc1ccccc1)c1ccc(Sc2ccc(C(CC)C(=O)O)cc2)cc1. The lowest BCUT2D eigenvalue weighted by Gasteiger charge is -2.23. The summed E-state index contributed by atoms with van der Waals surface area (Å²) in [7, 11) is 0. The van der Waals surface area contributed by atoms with Crippen molar-refractivity contribution in [1.82, 2.24) is 5.32 Å². The molecule has 3 rings (SSSR count). The van der Waals surface area contributed by atoms with Crippen LogP contribution in [-0.2, 0) is 11.2 Å². The maximum Gasteiger partial charge on any atom is 0.322 e. The summed E-state index contributed by atoms with van der Waals surface area (Å²) in [4.78, 5) is 28.0. The molecule has 0 fully saturated rings. The molecule has 0 aromatic heterocycles. The summed E-state index contributed by atoms with van der Waals surface area (Å²) in [5.74, 6) is -1.28. The van der Waals surface area contributed by atoms with Gasteiger partial charge in [-0.2, -0.15) is 0 Å². The van der Waals surface area contributed by atoms with Crippen LogP contribution < -0.4 is 10.2 Å². The van der Waals surface area contributed by atoms with Gasteiger partial charge >= 0.3 is 12.0 Å². The van der Waals surface area contributed by atoms with Gasteiger partial charge in [0.05, 0.1) is 5.92 Å². The molecule has 0 spiro atoms. The second-order valence-electron chi connectivity index (χ2n) is 8.18. The van der Waals surface area contributed by atoms with Crippen molar-refractivity contribution in [2.75, 3.05) is 18.0 Å². The van der Waals surface area contributed by atoms with Crippen LogP contribution in [0, 0.1) is 0 Å². The van der Waals surface area contributed by atoms with Gasteiger partial charge in [-0.3, -0.25) is 9.69 Å². The zero-order valence-corrected chi connectivity index (χ0v) is 20.8. The molecule has 0 saturated carbocycles. The van der Waals surface area contributed by atoms with E-state index in [0.717, 1.165) is 33.9 Å². The van der Waals surface area contributed by atoms with Gasteiger partial charge in [-0.1, -0.05) is 67.2 Å². The summed E-state index contributed by atoms with van der Waals surface area (Å²) in [6, 6.07) is 25.7. The molecule has 3 aromatic carbocycles. The highest BCUT2D eigenvalue weighted by atomic mass is 32.2. The molecular weight excluding hydrogens is 456 g/mol. The Labute approximate surface area is 211 Å². The lowest BCUT2D eigenvalue weighted by atomic mass is 9.97. The lowest BCUT2D eigenvalue weighted by Crippen LogP contribution is -2.40. The van der Waals surface area contributed by atoms with Crippen molar-refractivity contribution in [1.29, 1.82) is 0 Å². The molecule has 0 aliphatic carbocycles. The molecular formula is C29H32N2O3S. The van der Waals surface area contributed by atoms with Crippen molar-refractivity contribution in [3.8, 4) is 0 Å². The monoisotopic (exact) mass is 488 g/mol. The van der Waals surface area contributed by atoms with Gasteiger partial charge in [0, 0.05) is 28.6 Å². The average Bonchev–Trinajstić information content (AvgIpc) is 2.88. The van der Waals surface area contributed by atoms with Gasteiger partial charge in [0.25, 0.3) is 0 Å². The highest BCUT2D eigenvalue weighted by Crippen LogP contribution is 2.31. The van der Waals surface area contributed by atoms with Gasteiger partial charge in [-0.05, 0) is 66.8 Å². The van der Waals surface area contributed by atoms with Gasteiger partial charge in [0.15, 0.2) is 0 Å². The number of urea groups is 1. The molecule has 0 saturated heterocycles. The predicted molar refractivity (Wildman–Crippen MR) is 143 cm³/mol. The minimum Gasteiger partial charge on any atom is -0.481 e. The van der Waals surface area contributed by atoms with Crippen LogP contribution in [-0.4, -0.2) is 30.2 Å². The summed E-state index contributed by atoms with van der Waals surface area (Å²) in [6.45, 7) is 6.58. The van der Waals surface area contributed by atoms with E-state index in [0.29, 0.717) is 19.5 Å². The molecule has 1 unspecified atom stereocenters. The predicted octanol–water partition coefficient (Wildman–Crippen LogP) is 6.75. The van der Waals surface area contributed by atoms with Gasteiger partial charge in [0.1, 0.15) is 0 Å². The molecule has 1 atom stereocenters. The summed E-state index contributed by atoms with van der Waals surface area (Å²) < 4.78 is 0. The van der Waals surface area contributed by atoms with E-state index in [4.69, 9.17) is 0 Å². The van der Waals surface area contributed by atoms with Crippen LogP contribution in [0.2, 0.25) is 0 Å². The topological polar surface area (TPSA) is 69.6 Å². The molecule has 5 nitrogen and oxygen atoms in total. The maximum absolute atomic E-state index is 12.8. The Balaban J connectivity index is 1.66. The molecule has 182 valence electrons. The van der Waals surface area contributed by atoms with E-state index in [2.05, 4.69) is 24.0 Å². The molecule has 0 bridgehead atoms. The number of nitrogens with zero attached hydrogens (tertiary/aromatic N) is 1. The van der Waals surface area contributed by atoms with Crippen molar-refractivity contribution in [3.05, 3.63) is 103 Å². The van der Waals surface area contributed by atoms with Crippen LogP contribution in [0.15, 0.2) is 101 Å². The van der Waals surface area contributed by atoms with Crippen LogP contribution in [0.4, 0.5) is 10.5 Å². The fraction of sp³-hybridized carbons (Fsp3) is 0.241. The summed E-state index contributed by atoms with van der Waals surface area (Å²) in [5.41, 5.74) is 2.91. The van der Waals surface area contributed by atoms with Crippen LogP contribution in [0.1, 0.15) is 36.8 Å². The summed E-state index contributed by atoms with van der Waals surface area (Å²) >= 11 is 1.60. The minimum atomic E-state index is -0.797. The number of hydrogen-bond donors (Lipinski definition) is 2. The van der Waals surface area contributed by atoms with E-state index in [1.165, 1.54) is 5.56 Å². The van der Waals surface area contributed by atoms with Crippen molar-refractivity contribution >= 4 is 29.4 Å². The second-order valence-corrected chi connectivity index (χ2v) is 9.33. The number of amides is 2. The smallest absolute Gasteiger partial charge is 0.322 e. The summed E-state index contributed by atoms with van der Waals surface area (Å²) in [6.07, 6.45) is 3.98. The lowest BCUT2D eigenvalue weighted by molar-refractivity contribution is -0.138. The Morgan fingerprint density at radius 1 is 1.00 bits per heavy atom. The first-order valence-electron chi connectivity index (χ1n) is 11.8. The molecule has 2 N–H and O–H groups in total. The molecule has 0 aliphatic rings. The number of carbonyl (C=O) groups is 2. The van der Waals surface area contributed by atoms with E-state index in [1.807, 2.05) is 73.7 Å². The van der Waals surface area contributed by atoms with E-state index < -0.39 is 11.9 Å². The third-order valence-corrected chi connectivity index (χ3v) is 6.72. The fourth-order valence-electron chi connectivity index (χ4n) is 3.84. The van der Waals surface area contributed by atoms with Crippen molar-refractivity contribution in [2.24, 2.45) is 0 Å². The molecule has 2 amide bonds. The largest absolute Gasteiger partial charge is 0.481 e. The Hall–Kier alpha value is -3.51. The number of benzene rings is 3. The number of nitrogens with one attached hydrogen (secondary N) is 1. The summed E-state index contributed by atoms with van der Waals surface area (Å²) in [5, 5.41) is 12.2. The Bertz CT molecular complexity index is 1100. The maximum atomic E-state index is 12.8. The third-order valence-electron chi connectivity index (χ3n) is 5.71. The first-order chi connectivity index (χ1) is 17.0. The van der Waals surface area contributed by atoms with Crippen LogP contribution in [0.25, 0.3) is 0 Å². The minimum absolute atomic E-state index is 0.141. The van der Waals surface area contributed by atoms with Crippen molar-refractivity contribution < 1.29 is 14.7 Å². The Kier molecular flexibility index (Phi) is 9.99. The molecule has 35 heavy (non-hydrogen) atoms. The zero-order valence-electron chi connectivity index (χ0n) is 20.0. The van der Waals surface area contributed by atoms with E-state index >= 15 is 0 Å². The first kappa shape index (κ1) is 26.1. The number of carboxylic acid groups (broad SMARTS) is 1. The Morgan fingerprint density at radius 2 is 1.63 bits per heavy atom. The van der Waals surface area contributed by atoms with E-state index in [1.54, 1.807) is 22.7 Å². The average molecular weight is 489 g/mol. The van der Waals surface area contributed by atoms with Gasteiger partial charge in [-0.25, -0.2) is 4.79 Å². The first-order valence-corrected chi connectivity index (χ1v) is 12.6. The van der Waals surface area contributed by atoms with Gasteiger partial charge < -0.3 is 10.4 Å². The standard InChI is InChI=1S/C29H32N2O3S/c1-3-20-30-29(34)31(21-8-11-22-9-6-5-7-10-22)24-14-18-26(19-15-24)35-25-16-12-23(13-17-25)27(4-2)28(32)33/h3,5-7,9-10,12-19,27H,1,4,8,11,20-21H2,2H3,(H,30,34)(H,32,33). The van der Waals surface area contributed by atoms with E-state index in [-0.39, 0.29) is 6.03 Å². The number of carbonyl (C=O) groups excluding carboxylic acids is 1. The quantitative estimate of drug-likeness (QED) is 0.277. The second kappa shape index (κ2) is 13.4. The molecule has 0 radical (unpaired) electrons. The number of rotatable bonds is 12. The van der Waals surface area contributed by atoms with Gasteiger partial charge in [-0.15, -0.1) is 6.58 Å². The van der Waals surface area contributed by atoms with Crippen molar-refractivity contribution in [2.45, 2.75) is 41.9 Å². The molecule has 0 heterocycles. The normalized spacial score (nSPS) is 11.5. The highest BCUT2D eigenvalue weighted by molar-refractivity contribution is 7.99. The number of aliphatic carboxylic acids is 1. The third kappa shape index (κ3) is 7.76. The molecule has 0 aliphatic heterocycles. The fourth-order valence-corrected chi connectivity index (χ4v) is 4.66. The van der Waals surface area contributed by atoms with Gasteiger partial charge in [0.2, 0.25) is 0 Å². The number of anilines is 1. The molecule has 6 heteroatoms. The molecule has 3 aromatic rings.